The molecule has 0 radical (unpaired) electrons. The van der Waals surface area contributed by atoms with Gasteiger partial charge in [-0.2, -0.15) is 0 Å². The Bertz CT molecular complexity index is 1020. The van der Waals surface area contributed by atoms with Crippen LogP contribution in [0.5, 0.6) is 5.75 Å². The molecule has 3 aromatic rings. The van der Waals surface area contributed by atoms with Gasteiger partial charge in [-0.15, -0.1) is 10.2 Å². The van der Waals surface area contributed by atoms with Crippen molar-refractivity contribution in [1.29, 1.82) is 0 Å². The van der Waals surface area contributed by atoms with Crippen LogP contribution in [-0.2, 0) is 16.4 Å². The smallest absolute Gasteiger partial charge is 0.254 e. The molecule has 1 unspecified atom stereocenters. The van der Waals surface area contributed by atoms with Gasteiger partial charge in [-0.3, -0.25) is 4.57 Å². The summed E-state index contributed by atoms with van der Waals surface area (Å²) in [6.07, 6.45) is 0.614. The molecule has 0 saturated heterocycles. The van der Waals surface area contributed by atoms with Crippen molar-refractivity contribution in [1.82, 2.24) is 14.8 Å². The summed E-state index contributed by atoms with van der Waals surface area (Å²) in [6, 6.07) is 16.6. The molecule has 0 spiro atoms. The van der Waals surface area contributed by atoms with Crippen molar-refractivity contribution in [3.05, 3.63) is 66.0 Å². The molecule has 0 fully saturated rings. The third-order valence-electron chi connectivity index (χ3n) is 4.43. The fourth-order valence-corrected chi connectivity index (χ4v) is 3.61. The van der Waals surface area contributed by atoms with Crippen molar-refractivity contribution in [2.75, 3.05) is 5.75 Å². The van der Waals surface area contributed by atoms with E-state index in [1.54, 1.807) is 31.2 Å². The van der Waals surface area contributed by atoms with E-state index >= 15 is 0 Å². The summed E-state index contributed by atoms with van der Waals surface area (Å²) < 4.78 is 32.2. The van der Waals surface area contributed by atoms with Crippen LogP contribution in [0.15, 0.2) is 59.8 Å². The van der Waals surface area contributed by atoms with E-state index in [1.807, 2.05) is 37.3 Å². The topological polar surface area (TPSA) is 100 Å². The molecule has 0 saturated carbocycles. The molecule has 2 aromatic carbocycles. The van der Waals surface area contributed by atoms with Gasteiger partial charge in [0.25, 0.3) is 5.16 Å². The van der Waals surface area contributed by atoms with Crippen LogP contribution in [0.4, 0.5) is 0 Å². The zero-order chi connectivity index (χ0) is 20.1. The average molecular weight is 401 g/mol. The number of hydrogen-bond acceptors (Lipinski definition) is 6. The third-order valence-corrected chi connectivity index (χ3v) is 6.01. The minimum Gasteiger partial charge on any atom is -0.489 e. The summed E-state index contributed by atoms with van der Waals surface area (Å²) in [4.78, 5) is 0. The van der Waals surface area contributed by atoms with E-state index in [1.165, 1.54) is 4.57 Å². The molecule has 0 bridgehead atoms. The van der Waals surface area contributed by atoms with Crippen LogP contribution in [0.25, 0.3) is 5.69 Å². The van der Waals surface area contributed by atoms with Gasteiger partial charge in [-0.25, -0.2) is 8.42 Å². The van der Waals surface area contributed by atoms with Crippen molar-refractivity contribution < 1.29 is 13.2 Å². The molecular weight excluding hydrogens is 376 g/mol. The zero-order valence-corrected chi connectivity index (χ0v) is 16.8. The largest absolute Gasteiger partial charge is 0.489 e. The van der Waals surface area contributed by atoms with Gasteiger partial charge >= 0.3 is 0 Å². The lowest BCUT2D eigenvalue weighted by Gasteiger charge is -2.14. The Morgan fingerprint density at radius 1 is 1.04 bits per heavy atom. The molecule has 1 aromatic heterocycles. The van der Waals surface area contributed by atoms with E-state index in [4.69, 9.17) is 10.5 Å². The van der Waals surface area contributed by atoms with E-state index in [9.17, 15) is 8.42 Å². The quantitative estimate of drug-likeness (QED) is 0.624. The summed E-state index contributed by atoms with van der Waals surface area (Å²) in [7, 11) is -3.55. The number of nitrogens with two attached hydrogens (primary N) is 1. The van der Waals surface area contributed by atoms with E-state index in [0.717, 1.165) is 5.56 Å². The molecule has 148 valence electrons. The number of benzene rings is 2. The van der Waals surface area contributed by atoms with Crippen LogP contribution in [0.3, 0.4) is 0 Å². The maximum absolute atomic E-state index is 12.5. The van der Waals surface area contributed by atoms with Crippen molar-refractivity contribution in [2.45, 2.75) is 38.1 Å². The highest BCUT2D eigenvalue weighted by Crippen LogP contribution is 2.24. The van der Waals surface area contributed by atoms with Gasteiger partial charge in [0, 0.05) is 5.69 Å². The average Bonchev–Trinajstić information content (AvgIpc) is 3.19. The number of ether oxygens (including phenoxy) is 1. The summed E-state index contributed by atoms with van der Waals surface area (Å²) in [5.74, 6) is 1.04. The number of hydrogen-bond donors (Lipinski definition) is 1. The third kappa shape index (κ3) is 4.23. The second kappa shape index (κ2) is 8.53. The molecule has 7 nitrogen and oxygen atoms in total. The summed E-state index contributed by atoms with van der Waals surface area (Å²) in [5.41, 5.74) is 7.82. The van der Waals surface area contributed by atoms with Gasteiger partial charge in [-0.1, -0.05) is 44.2 Å². The maximum atomic E-state index is 12.5. The van der Waals surface area contributed by atoms with Crippen LogP contribution in [0.2, 0.25) is 0 Å². The summed E-state index contributed by atoms with van der Waals surface area (Å²) in [5, 5.41) is 7.88. The lowest BCUT2D eigenvalue weighted by atomic mass is 10.2. The normalized spacial score (nSPS) is 12.7. The lowest BCUT2D eigenvalue weighted by molar-refractivity contribution is 0.306. The SMILES string of the molecule is CCC(N)c1nnc(S(=O)(=O)CC)n1-c1ccc(OCc2ccccc2)cc1. The van der Waals surface area contributed by atoms with Crippen molar-refractivity contribution in [3.63, 3.8) is 0 Å². The molecule has 1 atom stereocenters. The first-order valence-corrected chi connectivity index (χ1v) is 10.8. The Morgan fingerprint density at radius 2 is 1.71 bits per heavy atom. The lowest BCUT2D eigenvalue weighted by Crippen LogP contribution is -2.18. The molecule has 0 aliphatic heterocycles. The van der Waals surface area contributed by atoms with Crippen molar-refractivity contribution >= 4 is 9.84 Å². The molecule has 2 N–H and O–H groups in total. The second-order valence-electron chi connectivity index (χ2n) is 6.36. The first-order valence-electron chi connectivity index (χ1n) is 9.17. The van der Waals surface area contributed by atoms with Crippen molar-refractivity contribution in [2.24, 2.45) is 5.73 Å². The highest BCUT2D eigenvalue weighted by atomic mass is 32.2. The predicted octanol–water partition coefficient (Wildman–Crippen LogP) is 3.05. The molecule has 0 amide bonds. The number of rotatable bonds is 8. The Hall–Kier alpha value is -2.71. The Morgan fingerprint density at radius 3 is 2.32 bits per heavy atom. The summed E-state index contributed by atoms with van der Waals surface area (Å²) >= 11 is 0. The predicted molar refractivity (Wildman–Crippen MR) is 107 cm³/mol. The first-order chi connectivity index (χ1) is 13.5. The van der Waals surface area contributed by atoms with Gasteiger partial charge < -0.3 is 10.5 Å². The monoisotopic (exact) mass is 400 g/mol. The van der Waals surface area contributed by atoms with Crippen LogP contribution >= 0.6 is 0 Å². The van der Waals surface area contributed by atoms with Gasteiger partial charge in [0.2, 0.25) is 9.84 Å². The van der Waals surface area contributed by atoms with Gasteiger partial charge in [0.05, 0.1) is 11.8 Å². The van der Waals surface area contributed by atoms with Gasteiger partial charge in [-0.05, 0) is 36.2 Å². The minimum atomic E-state index is -3.55. The van der Waals surface area contributed by atoms with E-state index in [0.29, 0.717) is 30.3 Å². The Balaban J connectivity index is 1.91. The van der Waals surface area contributed by atoms with E-state index in [2.05, 4.69) is 10.2 Å². The van der Waals surface area contributed by atoms with E-state index in [-0.39, 0.29) is 10.9 Å². The minimum absolute atomic E-state index is 0.0647. The zero-order valence-electron chi connectivity index (χ0n) is 15.9. The molecular formula is C20H24N4O3S. The van der Waals surface area contributed by atoms with Crippen molar-refractivity contribution in [3.8, 4) is 11.4 Å². The molecule has 0 aliphatic rings. The second-order valence-corrected chi connectivity index (χ2v) is 8.53. The molecule has 3 rings (SSSR count). The molecule has 28 heavy (non-hydrogen) atoms. The fourth-order valence-electron chi connectivity index (χ4n) is 2.71. The molecule has 8 heteroatoms. The summed E-state index contributed by atoms with van der Waals surface area (Å²) in [6.45, 7) is 3.95. The highest BCUT2D eigenvalue weighted by Gasteiger charge is 2.26. The first kappa shape index (κ1) is 20.0. The number of aromatic nitrogens is 3. The van der Waals surface area contributed by atoms with Crippen LogP contribution in [-0.4, -0.2) is 28.9 Å². The maximum Gasteiger partial charge on any atom is 0.254 e. The van der Waals surface area contributed by atoms with Crippen LogP contribution in [0.1, 0.15) is 37.7 Å². The number of nitrogens with zero attached hydrogens (tertiary/aromatic N) is 3. The fraction of sp³-hybridized carbons (Fsp3) is 0.300. The highest BCUT2D eigenvalue weighted by molar-refractivity contribution is 7.91. The van der Waals surface area contributed by atoms with E-state index < -0.39 is 15.9 Å². The standard InChI is InChI=1S/C20H24N4O3S/c1-3-18(21)19-22-23-20(28(25,26)4-2)24(19)16-10-12-17(13-11-16)27-14-15-8-6-5-7-9-15/h5-13,18H,3-4,14,21H2,1-2H3. The molecule has 0 aliphatic carbocycles. The Kier molecular flexibility index (Phi) is 6.11. The van der Waals surface area contributed by atoms with Crippen LogP contribution in [0, 0.1) is 0 Å². The van der Waals surface area contributed by atoms with Crippen LogP contribution < -0.4 is 10.5 Å². The number of sulfone groups is 1. The van der Waals surface area contributed by atoms with Gasteiger partial charge in [0.1, 0.15) is 12.4 Å². The molecule has 1 heterocycles. The Labute approximate surface area is 165 Å². The van der Waals surface area contributed by atoms with Gasteiger partial charge in [0.15, 0.2) is 5.82 Å².